The fraction of sp³-hybridized carbons (Fsp3) is 1.00. The molecule has 2 nitrogen and oxygen atoms in total. The normalized spacial score (nSPS) is 22.2. The number of hydrogen-bond acceptors (Lipinski definition) is 2. The third-order valence-electron chi connectivity index (χ3n) is 2.09. The topological polar surface area (TPSA) is 21.3 Å². The Morgan fingerprint density at radius 3 is 2.70 bits per heavy atom. The molecule has 1 N–H and O–H groups in total. The maximum absolute atomic E-state index is 5.10. The first-order valence-corrected chi connectivity index (χ1v) is 4.15. The minimum atomic E-state index is 0.647. The molecule has 0 aromatic rings. The predicted molar refractivity (Wildman–Crippen MR) is 42.1 cm³/mol. The molecule has 1 fully saturated rings. The van der Waals surface area contributed by atoms with Crippen LogP contribution in [0.4, 0.5) is 0 Å². The first-order chi connectivity index (χ1) is 4.84. The molecule has 0 aliphatic carbocycles. The molecule has 1 saturated heterocycles. The molecule has 60 valence electrons. The fourth-order valence-electron chi connectivity index (χ4n) is 1.08. The van der Waals surface area contributed by atoms with Gasteiger partial charge in [0.15, 0.2) is 0 Å². The van der Waals surface area contributed by atoms with Crippen LogP contribution in [0, 0.1) is 5.92 Å². The third-order valence-corrected chi connectivity index (χ3v) is 2.09. The second-order valence-corrected chi connectivity index (χ2v) is 3.04. The van der Waals surface area contributed by atoms with Crippen molar-refractivity contribution < 1.29 is 4.74 Å². The van der Waals surface area contributed by atoms with Crippen molar-refractivity contribution in [3.8, 4) is 0 Å². The van der Waals surface area contributed by atoms with Gasteiger partial charge in [-0.05, 0) is 19.9 Å². The number of rotatable bonds is 4. The molecule has 0 aromatic carbocycles. The highest BCUT2D eigenvalue weighted by Crippen LogP contribution is 2.13. The Kier molecular flexibility index (Phi) is 3.16. The molecule has 2 heteroatoms. The van der Waals surface area contributed by atoms with E-state index in [4.69, 9.17) is 4.74 Å². The van der Waals surface area contributed by atoms with Gasteiger partial charge in [0.2, 0.25) is 0 Å². The molecule has 10 heavy (non-hydrogen) atoms. The Labute approximate surface area is 63.0 Å². The molecule has 1 unspecified atom stereocenters. The van der Waals surface area contributed by atoms with Crippen molar-refractivity contribution in [1.82, 2.24) is 5.32 Å². The lowest BCUT2D eigenvalue weighted by molar-refractivity contribution is -0.0464. The summed E-state index contributed by atoms with van der Waals surface area (Å²) < 4.78 is 5.10. The van der Waals surface area contributed by atoms with E-state index in [1.165, 1.54) is 6.42 Å². The molecule has 1 aliphatic heterocycles. The van der Waals surface area contributed by atoms with E-state index in [2.05, 4.69) is 19.2 Å². The largest absolute Gasteiger partial charge is 0.381 e. The monoisotopic (exact) mass is 143 g/mol. The molecule has 1 heterocycles. The lowest BCUT2D eigenvalue weighted by Gasteiger charge is -2.32. The van der Waals surface area contributed by atoms with Gasteiger partial charge in [0.1, 0.15) is 0 Å². The molecule has 0 saturated carbocycles. The van der Waals surface area contributed by atoms with Crippen LogP contribution in [0.2, 0.25) is 0 Å². The van der Waals surface area contributed by atoms with E-state index in [1.807, 2.05) is 0 Å². The van der Waals surface area contributed by atoms with Crippen LogP contribution in [0.3, 0.4) is 0 Å². The van der Waals surface area contributed by atoms with Crippen LogP contribution < -0.4 is 5.32 Å². The SMILES string of the molecule is CCCNC(C)C1COC1. The van der Waals surface area contributed by atoms with E-state index in [-0.39, 0.29) is 0 Å². The second kappa shape index (κ2) is 3.94. The molecular weight excluding hydrogens is 126 g/mol. The average Bonchev–Trinajstić information content (AvgIpc) is 1.79. The van der Waals surface area contributed by atoms with Crippen LogP contribution in [0.25, 0.3) is 0 Å². The van der Waals surface area contributed by atoms with E-state index in [0.29, 0.717) is 6.04 Å². The molecule has 0 radical (unpaired) electrons. The second-order valence-electron chi connectivity index (χ2n) is 3.04. The Morgan fingerprint density at radius 1 is 1.60 bits per heavy atom. The van der Waals surface area contributed by atoms with Crippen molar-refractivity contribution in [3.63, 3.8) is 0 Å². The summed E-state index contributed by atoms with van der Waals surface area (Å²) in [5, 5.41) is 3.45. The van der Waals surface area contributed by atoms with E-state index in [1.54, 1.807) is 0 Å². The summed E-state index contributed by atoms with van der Waals surface area (Å²) in [5.41, 5.74) is 0. The smallest absolute Gasteiger partial charge is 0.0531 e. The zero-order valence-electron chi connectivity index (χ0n) is 6.89. The lowest BCUT2D eigenvalue weighted by Crippen LogP contribution is -2.44. The Hall–Kier alpha value is -0.0800. The van der Waals surface area contributed by atoms with Gasteiger partial charge in [-0.15, -0.1) is 0 Å². The van der Waals surface area contributed by atoms with Crippen molar-refractivity contribution in [2.24, 2.45) is 5.92 Å². The molecule has 1 rings (SSSR count). The number of hydrogen-bond donors (Lipinski definition) is 1. The summed E-state index contributed by atoms with van der Waals surface area (Å²) in [7, 11) is 0. The van der Waals surface area contributed by atoms with Crippen LogP contribution in [0.5, 0.6) is 0 Å². The summed E-state index contributed by atoms with van der Waals surface area (Å²) in [4.78, 5) is 0. The molecule has 0 spiro atoms. The van der Waals surface area contributed by atoms with Crippen LogP contribution in [0.15, 0.2) is 0 Å². The highest BCUT2D eigenvalue weighted by molar-refractivity contribution is 4.76. The van der Waals surface area contributed by atoms with E-state index < -0.39 is 0 Å². The zero-order chi connectivity index (χ0) is 7.40. The van der Waals surface area contributed by atoms with Gasteiger partial charge >= 0.3 is 0 Å². The molecule has 0 bridgehead atoms. The van der Waals surface area contributed by atoms with Crippen LogP contribution >= 0.6 is 0 Å². The summed E-state index contributed by atoms with van der Waals surface area (Å²) in [6.45, 7) is 7.48. The minimum absolute atomic E-state index is 0.647. The highest BCUT2D eigenvalue weighted by atomic mass is 16.5. The van der Waals surface area contributed by atoms with Crippen LogP contribution in [0.1, 0.15) is 20.3 Å². The number of ether oxygens (including phenoxy) is 1. The van der Waals surface area contributed by atoms with Gasteiger partial charge in [-0.3, -0.25) is 0 Å². The zero-order valence-corrected chi connectivity index (χ0v) is 6.89. The first kappa shape index (κ1) is 8.02. The van der Waals surface area contributed by atoms with Gasteiger partial charge in [-0.25, -0.2) is 0 Å². The van der Waals surface area contributed by atoms with Crippen molar-refractivity contribution in [2.45, 2.75) is 26.3 Å². The van der Waals surface area contributed by atoms with Crippen molar-refractivity contribution >= 4 is 0 Å². The first-order valence-electron chi connectivity index (χ1n) is 4.15. The van der Waals surface area contributed by atoms with E-state index >= 15 is 0 Å². The third kappa shape index (κ3) is 1.96. The summed E-state index contributed by atoms with van der Waals surface area (Å²) in [6, 6.07) is 0.647. The Morgan fingerprint density at radius 2 is 2.30 bits per heavy atom. The van der Waals surface area contributed by atoms with Crippen molar-refractivity contribution in [1.29, 1.82) is 0 Å². The van der Waals surface area contributed by atoms with Crippen molar-refractivity contribution in [2.75, 3.05) is 19.8 Å². The molecular formula is C8H17NO. The summed E-state index contributed by atoms with van der Waals surface area (Å²) in [6.07, 6.45) is 1.22. The number of nitrogens with one attached hydrogen (secondary N) is 1. The average molecular weight is 143 g/mol. The van der Waals surface area contributed by atoms with Crippen LogP contribution in [-0.4, -0.2) is 25.8 Å². The quantitative estimate of drug-likeness (QED) is 0.634. The van der Waals surface area contributed by atoms with Gasteiger partial charge < -0.3 is 10.1 Å². The predicted octanol–water partition coefficient (Wildman–Crippen LogP) is 1.02. The lowest BCUT2D eigenvalue weighted by atomic mass is 10.00. The molecule has 1 atom stereocenters. The minimum Gasteiger partial charge on any atom is -0.381 e. The van der Waals surface area contributed by atoms with Gasteiger partial charge in [-0.1, -0.05) is 6.92 Å². The summed E-state index contributed by atoms with van der Waals surface area (Å²) in [5.74, 6) is 0.770. The maximum atomic E-state index is 5.10. The standard InChI is InChI=1S/C8H17NO/c1-3-4-9-7(2)8-5-10-6-8/h7-9H,3-6H2,1-2H3. The Bertz CT molecular complexity index is 91.3. The molecule has 1 aliphatic rings. The Balaban J connectivity index is 2.02. The van der Waals surface area contributed by atoms with E-state index in [0.717, 1.165) is 25.7 Å². The maximum Gasteiger partial charge on any atom is 0.0531 e. The fourth-order valence-corrected chi connectivity index (χ4v) is 1.08. The van der Waals surface area contributed by atoms with Crippen molar-refractivity contribution in [3.05, 3.63) is 0 Å². The van der Waals surface area contributed by atoms with Gasteiger partial charge in [-0.2, -0.15) is 0 Å². The van der Waals surface area contributed by atoms with E-state index in [9.17, 15) is 0 Å². The van der Waals surface area contributed by atoms with Gasteiger partial charge in [0.05, 0.1) is 13.2 Å². The van der Waals surface area contributed by atoms with Gasteiger partial charge in [0, 0.05) is 12.0 Å². The highest BCUT2D eigenvalue weighted by Gasteiger charge is 2.23. The van der Waals surface area contributed by atoms with Gasteiger partial charge in [0.25, 0.3) is 0 Å². The summed E-state index contributed by atoms with van der Waals surface area (Å²) >= 11 is 0. The van der Waals surface area contributed by atoms with Crippen LogP contribution in [-0.2, 0) is 4.74 Å². The molecule has 0 aromatic heterocycles. The molecule has 0 amide bonds.